The molecule has 0 atom stereocenters. The Morgan fingerprint density at radius 3 is 2.30 bits per heavy atom. The molecule has 0 aliphatic rings. The fraction of sp³-hybridized carbons (Fsp3) is 1.00. The summed E-state index contributed by atoms with van der Waals surface area (Å²) in [7, 11) is 0.309. The highest BCUT2D eigenvalue weighted by atomic mass is 79.9. The predicted octanol–water partition coefficient (Wildman–Crippen LogP) is 1.79. The van der Waals surface area contributed by atoms with E-state index in [2.05, 4.69) is 29.0 Å². The molecule has 0 unspecified atom stereocenters. The molecule has 0 aliphatic heterocycles. The van der Waals surface area contributed by atoms with E-state index in [0.717, 1.165) is 11.6 Å². The Morgan fingerprint density at radius 2 is 1.90 bits per heavy atom. The van der Waals surface area contributed by atoms with E-state index in [1.165, 1.54) is 0 Å². The number of alkyl halides is 1. The van der Waals surface area contributed by atoms with E-state index < -0.39 is 8.32 Å². The molecule has 0 aromatic rings. The molecule has 2 nitrogen and oxygen atoms in total. The molecular formula is C6H15BrO2Si. The fourth-order valence-electron chi connectivity index (χ4n) is 0.440. The lowest BCUT2D eigenvalue weighted by molar-refractivity contribution is 0.143. The molecule has 0 aliphatic carbocycles. The van der Waals surface area contributed by atoms with E-state index in [9.17, 15) is 0 Å². The van der Waals surface area contributed by atoms with Crippen LogP contribution in [0.15, 0.2) is 0 Å². The summed E-state index contributed by atoms with van der Waals surface area (Å²) in [6.07, 6.45) is 0. The van der Waals surface area contributed by atoms with Crippen LogP contribution in [0.1, 0.15) is 0 Å². The van der Waals surface area contributed by atoms with Gasteiger partial charge in [0.2, 0.25) is 0 Å². The zero-order valence-corrected chi connectivity index (χ0v) is 9.40. The minimum absolute atomic E-state index is 0.698. The Bertz CT molecular complexity index is 87.8. The van der Waals surface area contributed by atoms with Crippen molar-refractivity contribution < 1.29 is 9.16 Å². The second-order valence-electron chi connectivity index (χ2n) is 2.73. The molecule has 0 aromatic heterocycles. The summed E-state index contributed by atoms with van der Waals surface area (Å²) in [6, 6.07) is 0. The Hall–Kier alpha value is 0.617. The average Bonchev–Trinajstić information content (AvgIpc) is 1.89. The van der Waals surface area contributed by atoms with Gasteiger partial charge in [-0.15, -0.1) is 0 Å². The molecule has 10 heavy (non-hydrogen) atoms. The van der Waals surface area contributed by atoms with Crippen molar-refractivity contribution in [1.29, 1.82) is 0 Å². The molecule has 0 N–H and O–H groups in total. The Balaban J connectivity index is 3.28. The van der Waals surface area contributed by atoms with Crippen molar-refractivity contribution in [1.82, 2.24) is 0 Å². The number of methoxy groups -OCH3 is 1. The van der Waals surface area contributed by atoms with E-state index in [4.69, 9.17) is 9.16 Å². The van der Waals surface area contributed by atoms with Crippen LogP contribution >= 0.6 is 15.9 Å². The van der Waals surface area contributed by atoms with Crippen LogP contribution in [0.25, 0.3) is 0 Å². The third kappa shape index (κ3) is 5.41. The summed E-state index contributed by atoms with van der Waals surface area (Å²) < 4.78 is 10.4. The van der Waals surface area contributed by atoms with E-state index in [1.807, 2.05) is 0 Å². The van der Waals surface area contributed by atoms with Gasteiger partial charge >= 0.3 is 0 Å². The van der Waals surface area contributed by atoms with Crippen molar-refractivity contribution in [3.8, 4) is 0 Å². The van der Waals surface area contributed by atoms with Crippen LogP contribution < -0.4 is 0 Å². The molecule has 0 saturated carbocycles. The van der Waals surface area contributed by atoms with Crippen LogP contribution in [0.5, 0.6) is 0 Å². The molecular weight excluding hydrogens is 212 g/mol. The van der Waals surface area contributed by atoms with Gasteiger partial charge in [0.25, 0.3) is 0 Å². The smallest absolute Gasteiger partial charge is 0.197 e. The van der Waals surface area contributed by atoms with Gasteiger partial charge in [0.05, 0.1) is 13.2 Å². The maximum atomic E-state index is 5.59. The summed E-state index contributed by atoms with van der Waals surface area (Å²) >= 11 is 3.42. The van der Waals surface area contributed by atoms with Crippen LogP contribution in [0.2, 0.25) is 13.1 Å². The van der Waals surface area contributed by atoms with Crippen LogP contribution in [-0.2, 0) is 9.16 Å². The summed E-state index contributed by atoms with van der Waals surface area (Å²) in [4.78, 5) is 0.990. The minimum Gasteiger partial charge on any atom is -0.414 e. The monoisotopic (exact) mass is 226 g/mol. The van der Waals surface area contributed by atoms with Crippen LogP contribution in [0, 0.1) is 0 Å². The zero-order valence-electron chi connectivity index (χ0n) is 6.82. The van der Waals surface area contributed by atoms with Crippen LogP contribution in [-0.4, -0.2) is 33.6 Å². The number of hydrogen-bond acceptors (Lipinski definition) is 2. The van der Waals surface area contributed by atoms with Gasteiger partial charge in [0.15, 0.2) is 8.32 Å². The second kappa shape index (κ2) is 5.29. The molecule has 0 amide bonds. The van der Waals surface area contributed by atoms with Gasteiger partial charge in [-0.25, -0.2) is 0 Å². The van der Waals surface area contributed by atoms with Crippen molar-refractivity contribution in [3.63, 3.8) is 0 Å². The Labute approximate surface area is 72.2 Å². The first kappa shape index (κ1) is 10.6. The predicted molar refractivity (Wildman–Crippen MR) is 49.1 cm³/mol. The van der Waals surface area contributed by atoms with Gasteiger partial charge in [-0.3, -0.25) is 0 Å². The highest BCUT2D eigenvalue weighted by Crippen LogP contribution is 2.06. The molecule has 4 heteroatoms. The first-order chi connectivity index (χ1) is 4.62. The highest BCUT2D eigenvalue weighted by Gasteiger charge is 2.19. The molecule has 0 bridgehead atoms. The van der Waals surface area contributed by atoms with Crippen molar-refractivity contribution in [2.45, 2.75) is 13.1 Å². The lowest BCUT2D eigenvalue weighted by Crippen LogP contribution is -2.34. The standard InChI is InChI=1S/C6H15BrO2Si/c1-8-4-5-9-10(2,3)6-7/h4-6H2,1-3H3. The summed E-state index contributed by atoms with van der Waals surface area (Å²) in [5, 5.41) is 0. The van der Waals surface area contributed by atoms with Gasteiger partial charge in [-0.05, 0) is 13.1 Å². The van der Waals surface area contributed by atoms with Crippen molar-refractivity contribution in [2.75, 3.05) is 25.3 Å². The number of hydrogen-bond donors (Lipinski definition) is 0. The van der Waals surface area contributed by atoms with Crippen molar-refractivity contribution >= 4 is 24.2 Å². The van der Waals surface area contributed by atoms with Crippen molar-refractivity contribution in [2.24, 2.45) is 0 Å². The quantitative estimate of drug-likeness (QED) is 0.405. The number of rotatable bonds is 5. The molecule has 0 heterocycles. The molecule has 0 aromatic carbocycles. The summed E-state index contributed by atoms with van der Waals surface area (Å²) in [5.74, 6) is 0. The first-order valence-corrected chi connectivity index (χ1v) is 7.55. The average molecular weight is 227 g/mol. The third-order valence-electron chi connectivity index (χ3n) is 1.10. The third-order valence-corrected chi connectivity index (χ3v) is 6.78. The second-order valence-corrected chi connectivity index (χ2v) is 8.49. The summed E-state index contributed by atoms with van der Waals surface area (Å²) in [6.45, 7) is 5.78. The number of ether oxygens (including phenoxy) is 1. The van der Waals surface area contributed by atoms with Gasteiger partial charge in [-0.2, -0.15) is 0 Å². The van der Waals surface area contributed by atoms with Gasteiger partial charge in [-0.1, -0.05) is 15.9 Å². The highest BCUT2D eigenvalue weighted by molar-refractivity contribution is 9.09. The Morgan fingerprint density at radius 1 is 1.30 bits per heavy atom. The zero-order chi connectivity index (χ0) is 8.04. The maximum Gasteiger partial charge on any atom is 0.197 e. The number of halogens is 1. The summed E-state index contributed by atoms with van der Waals surface area (Å²) in [5.41, 5.74) is 0. The van der Waals surface area contributed by atoms with Gasteiger partial charge in [0.1, 0.15) is 0 Å². The molecule has 62 valence electrons. The normalized spacial score (nSPS) is 12.0. The molecule has 0 spiro atoms. The van der Waals surface area contributed by atoms with Crippen molar-refractivity contribution in [3.05, 3.63) is 0 Å². The fourth-order valence-corrected chi connectivity index (χ4v) is 1.64. The maximum absolute atomic E-state index is 5.59. The van der Waals surface area contributed by atoms with E-state index >= 15 is 0 Å². The van der Waals surface area contributed by atoms with Crippen LogP contribution in [0.4, 0.5) is 0 Å². The molecule has 0 rings (SSSR count). The van der Waals surface area contributed by atoms with E-state index in [0.29, 0.717) is 6.61 Å². The topological polar surface area (TPSA) is 18.5 Å². The van der Waals surface area contributed by atoms with Crippen LogP contribution in [0.3, 0.4) is 0 Å². The van der Waals surface area contributed by atoms with E-state index in [-0.39, 0.29) is 0 Å². The van der Waals surface area contributed by atoms with Gasteiger partial charge in [0, 0.05) is 12.1 Å². The lowest BCUT2D eigenvalue weighted by Gasteiger charge is -2.19. The molecule has 0 radical (unpaired) electrons. The minimum atomic E-state index is -1.38. The lowest BCUT2D eigenvalue weighted by atomic mass is 10.8. The van der Waals surface area contributed by atoms with Gasteiger partial charge < -0.3 is 9.16 Å². The molecule has 0 fully saturated rings. The SMILES string of the molecule is COCCO[Si](C)(C)CBr. The van der Waals surface area contributed by atoms with E-state index in [1.54, 1.807) is 7.11 Å². The first-order valence-electron chi connectivity index (χ1n) is 3.31. The largest absolute Gasteiger partial charge is 0.414 e. The Kier molecular flexibility index (Phi) is 5.62. The molecule has 0 saturated heterocycles.